The summed E-state index contributed by atoms with van der Waals surface area (Å²) in [6.07, 6.45) is 6.18. The van der Waals surface area contributed by atoms with Gasteiger partial charge in [0.05, 0.1) is 10.7 Å². The van der Waals surface area contributed by atoms with Gasteiger partial charge in [0.2, 0.25) is 0 Å². The summed E-state index contributed by atoms with van der Waals surface area (Å²) in [7, 11) is 1.75. The average Bonchev–Trinajstić information content (AvgIpc) is 3.15. The summed E-state index contributed by atoms with van der Waals surface area (Å²) in [5, 5.41) is 10.6. The molecule has 29 heavy (non-hydrogen) atoms. The highest BCUT2D eigenvalue weighted by Crippen LogP contribution is 2.31. The minimum atomic E-state index is -0.794. The number of halogens is 1. The minimum absolute atomic E-state index is 0.715. The van der Waals surface area contributed by atoms with Gasteiger partial charge < -0.3 is 14.7 Å². The summed E-state index contributed by atoms with van der Waals surface area (Å²) in [5.41, 5.74) is 1.38. The molecule has 0 atom stereocenters. The number of likely N-dealkylation sites (tertiary alicyclic amines) is 1. The molecule has 1 aromatic carbocycles. The molecule has 0 radical (unpaired) electrons. The van der Waals surface area contributed by atoms with Crippen LogP contribution in [0.25, 0.3) is 0 Å². The number of nitrogens with zero attached hydrogens (tertiary/aromatic N) is 2. The molecule has 2 aliphatic rings. The fourth-order valence-corrected chi connectivity index (χ4v) is 5.67. The monoisotopic (exact) mass is 510 g/mol. The predicted molar refractivity (Wildman–Crippen MR) is 127 cm³/mol. The topological polar surface area (TPSA) is 35.9 Å². The van der Waals surface area contributed by atoms with Crippen LogP contribution in [0.5, 0.6) is 5.75 Å². The molecule has 0 spiro atoms. The van der Waals surface area contributed by atoms with Crippen molar-refractivity contribution in [1.82, 2.24) is 9.80 Å². The van der Waals surface area contributed by atoms with Crippen molar-refractivity contribution in [3.63, 3.8) is 0 Å². The molecular formula is C24H35IN2O2. The zero-order valence-electron chi connectivity index (χ0n) is 18.1. The second-order valence-corrected chi connectivity index (χ2v) is 9.53. The van der Waals surface area contributed by atoms with E-state index in [0.29, 0.717) is 6.04 Å². The predicted octanol–water partition coefficient (Wildman–Crippen LogP) is 4.26. The van der Waals surface area contributed by atoms with Crippen LogP contribution in [0.2, 0.25) is 0 Å². The maximum atomic E-state index is 10.6. The zero-order valence-corrected chi connectivity index (χ0v) is 20.3. The smallest absolute Gasteiger partial charge is 0.136 e. The van der Waals surface area contributed by atoms with Crippen molar-refractivity contribution in [2.24, 2.45) is 0 Å². The Morgan fingerprint density at radius 3 is 2.45 bits per heavy atom. The molecule has 1 saturated carbocycles. The first-order valence-electron chi connectivity index (χ1n) is 11.1. The van der Waals surface area contributed by atoms with E-state index >= 15 is 0 Å². The van der Waals surface area contributed by atoms with Gasteiger partial charge in [-0.3, -0.25) is 4.90 Å². The Kier molecular flexibility index (Phi) is 8.26. The SMILES string of the molecule is CCN(CC)C1CCN(Cc2cc(C#CC3(O)CCCC3)cc(I)c2OC)CC1. The van der Waals surface area contributed by atoms with Crippen LogP contribution in [0, 0.1) is 15.4 Å². The lowest BCUT2D eigenvalue weighted by Crippen LogP contribution is -2.44. The summed E-state index contributed by atoms with van der Waals surface area (Å²) in [5.74, 6) is 7.35. The quantitative estimate of drug-likeness (QED) is 0.459. The second-order valence-electron chi connectivity index (χ2n) is 8.37. The molecule has 4 nitrogen and oxygen atoms in total. The summed E-state index contributed by atoms with van der Waals surface area (Å²) >= 11 is 2.34. The maximum absolute atomic E-state index is 10.6. The number of aliphatic hydroxyl groups is 1. The summed E-state index contributed by atoms with van der Waals surface area (Å²) in [4.78, 5) is 5.13. The number of methoxy groups -OCH3 is 1. The Bertz CT molecular complexity index is 737. The van der Waals surface area contributed by atoms with Gasteiger partial charge in [0.15, 0.2) is 0 Å². The van der Waals surface area contributed by atoms with E-state index < -0.39 is 5.60 Å². The van der Waals surface area contributed by atoms with E-state index in [1.54, 1.807) is 7.11 Å². The van der Waals surface area contributed by atoms with E-state index in [1.807, 2.05) is 0 Å². The van der Waals surface area contributed by atoms with Crippen molar-refractivity contribution in [3.05, 3.63) is 26.8 Å². The third kappa shape index (κ3) is 5.88. The summed E-state index contributed by atoms with van der Waals surface area (Å²) < 4.78 is 6.81. The molecule has 1 saturated heterocycles. The van der Waals surface area contributed by atoms with Crippen LogP contribution in [0.15, 0.2) is 12.1 Å². The Balaban J connectivity index is 1.72. The molecule has 1 N–H and O–H groups in total. The van der Waals surface area contributed by atoms with Gasteiger partial charge in [-0.05, 0) is 99.4 Å². The first-order valence-corrected chi connectivity index (χ1v) is 12.1. The Morgan fingerprint density at radius 2 is 1.86 bits per heavy atom. The van der Waals surface area contributed by atoms with Crippen LogP contribution in [0.4, 0.5) is 0 Å². The average molecular weight is 510 g/mol. The lowest BCUT2D eigenvalue weighted by molar-refractivity contribution is 0.110. The van der Waals surface area contributed by atoms with Gasteiger partial charge in [-0.25, -0.2) is 0 Å². The van der Waals surface area contributed by atoms with Gasteiger partial charge in [-0.2, -0.15) is 0 Å². The minimum Gasteiger partial charge on any atom is -0.495 e. The van der Waals surface area contributed by atoms with Crippen molar-refractivity contribution in [2.45, 2.75) is 70.6 Å². The lowest BCUT2D eigenvalue weighted by atomic mass is 10.0. The molecular weight excluding hydrogens is 475 g/mol. The van der Waals surface area contributed by atoms with Gasteiger partial charge in [-0.1, -0.05) is 25.7 Å². The van der Waals surface area contributed by atoms with Gasteiger partial charge >= 0.3 is 0 Å². The fraction of sp³-hybridized carbons (Fsp3) is 0.667. The third-order valence-electron chi connectivity index (χ3n) is 6.47. The highest BCUT2D eigenvalue weighted by Gasteiger charge is 2.28. The molecule has 0 unspecified atom stereocenters. The molecule has 3 rings (SSSR count). The summed E-state index contributed by atoms with van der Waals surface area (Å²) in [6, 6.07) is 4.94. The highest BCUT2D eigenvalue weighted by molar-refractivity contribution is 14.1. The van der Waals surface area contributed by atoms with E-state index in [1.165, 1.54) is 18.4 Å². The van der Waals surface area contributed by atoms with E-state index in [-0.39, 0.29) is 0 Å². The molecule has 1 heterocycles. The van der Waals surface area contributed by atoms with Gasteiger partial charge in [0.25, 0.3) is 0 Å². The Morgan fingerprint density at radius 1 is 1.21 bits per heavy atom. The number of hydrogen-bond donors (Lipinski definition) is 1. The number of ether oxygens (including phenoxy) is 1. The third-order valence-corrected chi connectivity index (χ3v) is 7.28. The van der Waals surface area contributed by atoms with E-state index in [9.17, 15) is 5.11 Å². The van der Waals surface area contributed by atoms with Crippen molar-refractivity contribution in [2.75, 3.05) is 33.3 Å². The normalized spacial score (nSPS) is 19.9. The van der Waals surface area contributed by atoms with Crippen LogP contribution in [0.3, 0.4) is 0 Å². The first kappa shape index (κ1) is 22.9. The highest BCUT2D eigenvalue weighted by atomic mass is 127. The molecule has 160 valence electrons. The molecule has 0 bridgehead atoms. The van der Waals surface area contributed by atoms with Gasteiger partial charge in [0.1, 0.15) is 11.4 Å². The van der Waals surface area contributed by atoms with Crippen LogP contribution in [-0.4, -0.2) is 59.8 Å². The van der Waals surface area contributed by atoms with Crippen LogP contribution < -0.4 is 4.74 Å². The lowest BCUT2D eigenvalue weighted by Gasteiger charge is -2.37. The van der Waals surface area contributed by atoms with E-state index in [0.717, 1.165) is 73.3 Å². The largest absolute Gasteiger partial charge is 0.495 e. The number of hydrogen-bond acceptors (Lipinski definition) is 4. The van der Waals surface area contributed by atoms with Crippen molar-refractivity contribution < 1.29 is 9.84 Å². The molecule has 1 aliphatic heterocycles. The molecule has 5 heteroatoms. The first-order chi connectivity index (χ1) is 14.0. The van der Waals surface area contributed by atoms with E-state index in [2.05, 4.69) is 70.2 Å². The zero-order chi connectivity index (χ0) is 20.9. The van der Waals surface area contributed by atoms with Crippen LogP contribution in [0.1, 0.15) is 63.5 Å². The van der Waals surface area contributed by atoms with Crippen molar-refractivity contribution in [1.29, 1.82) is 0 Å². The van der Waals surface area contributed by atoms with E-state index in [4.69, 9.17) is 4.74 Å². The second kappa shape index (κ2) is 10.5. The van der Waals surface area contributed by atoms with Gasteiger partial charge in [-0.15, -0.1) is 0 Å². The summed E-state index contributed by atoms with van der Waals surface area (Å²) in [6.45, 7) is 9.94. The van der Waals surface area contributed by atoms with Crippen molar-refractivity contribution >= 4 is 22.6 Å². The maximum Gasteiger partial charge on any atom is 0.136 e. The van der Waals surface area contributed by atoms with Crippen LogP contribution >= 0.6 is 22.6 Å². The number of rotatable bonds is 6. The number of benzene rings is 1. The Labute approximate surface area is 190 Å². The molecule has 0 amide bonds. The molecule has 2 fully saturated rings. The Hall–Kier alpha value is -0.810. The van der Waals surface area contributed by atoms with Crippen LogP contribution in [-0.2, 0) is 6.54 Å². The fourth-order valence-electron chi connectivity index (χ4n) is 4.77. The molecule has 1 aliphatic carbocycles. The number of piperidine rings is 1. The molecule has 1 aromatic rings. The van der Waals surface area contributed by atoms with Gasteiger partial charge in [0, 0.05) is 23.7 Å². The standard InChI is InChI=1S/C24H35IN2O2/c1-4-27(5-2)21-9-14-26(15-10-21)18-20-16-19(17-22(25)23(20)29-3)8-13-24(28)11-6-7-12-24/h16-17,21,28H,4-7,9-12,14-15,18H2,1-3H3. The van der Waals surface area contributed by atoms with Crippen molar-refractivity contribution in [3.8, 4) is 17.6 Å². The molecule has 0 aromatic heterocycles.